The highest BCUT2D eigenvalue weighted by Gasteiger charge is 2.17. The van der Waals surface area contributed by atoms with Gasteiger partial charge in [0.05, 0.1) is 5.69 Å². The molecule has 0 saturated heterocycles. The van der Waals surface area contributed by atoms with E-state index in [0.29, 0.717) is 5.02 Å². The number of rotatable bonds is 3. The molecule has 3 rings (SSSR count). The number of benzene rings is 2. The van der Waals surface area contributed by atoms with Crippen LogP contribution in [0.1, 0.15) is 23.0 Å². The van der Waals surface area contributed by atoms with Crippen LogP contribution in [-0.2, 0) is 0 Å². The molecule has 110 valence electrons. The molecule has 0 spiro atoms. The van der Waals surface area contributed by atoms with Gasteiger partial charge < -0.3 is 4.57 Å². The molecule has 1 heterocycles. The lowest BCUT2D eigenvalue weighted by Crippen LogP contribution is -2.01. The van der Waals surface area contributed by atoms with Gasteiger partial charge in [0, 0.05) is 22.0 Å². The molecule has 22 heavy (non-hydrogen) atoms. The summed E-state index contributed by atoms with van der Waals surface area (Å²) < 4.78 is 2.10. The van der Waals surface area contributed by atoms with Gasteiger partial charge in [-0.25, -0.2) is 0 Å². The van der Waals surface area contributed by atoms with E-state index in [4.69, 9.17) is 11.6 Å². The number of Topliss-reactive ketones (excluding diaryl/α,β-unsaturated/α-hetero) is 1. The Morgan fingerprint density at radius 3 is 2.23 bits per heavy atom. The topological polar surface area (TPSA) is 22.0 Å². The summed E-state index contributed by atoms with van der Waals surface area (Å²) in [6.45, 7) is 3.57. The molecule has 3 aromatic rings. The van der Waals surface area contributed by atoms with Gasteiger partial charge in [0.1, 0.15) is 0 Å². The minimum Gasteiger partial charge on any atom is -0.313 e. The van der Waals surface area contributed by atoms with Crippen LogP contribution in [0.3, 0.4) is 0 Å². The molecule has 0 aliphatic rings. The fourth-order valence-corrected chi connectivity index (χ4v) is 2.83. The summed E-state index contributed by atoms with van der Waals surface area (Å²) in [7, 11) is 0. The van der Waals surface area contributed by atoms with Crippen LogP contribution in [0.4, 0.5) is 0 Å². The zero-order valence-corrected chi connectivity index (χ0v) is 13.3. The van der Waals surface area contributed by atoms with Crippen LogP contribution in [0.5, 0.6) is 0 Å². The normalized spacial score (nSPS) is 10.7. The maximum atomic E-state index is 11.9. The predicted molar refractivity (Wildman–Crippen MR) is 91.0 cm³/mol. The van der Waals surface area contributed by atoms with E-state index in [1.165, 1.54) is 0 Å². The fourth-order valence-electron chi connectivity index (χ4n) is 2.71. The van der Waals surface area contributed by atoms with E-state index in [1.807, 2.05) is 67.6 Å². The number of nitrogens with zero attached hydrogens (tertiary/aromatic N) is 1. The zero-order chi connectivity index (χ0) is 15.7. The average molecular weight is 310 g/mol. The molecule has 2 aromatic carbocycles. The molecule has 0 fully saturated rings. The van der Waals surface area contributed by atoms with Gasteiger partial charge in [0.15, 0.2) is 5.78 Å². The first-order valence-electron chi connectivity index (χ1n) is 7.12. The molecular formula is C19H16ClNO. The van der Waals surface area contributed by atoms with Gasteiger partial charge in [0.25, 0.3) is 0 Å². The van der Waals surface area contributed by atoms with Crippen LogP contribution in [0.15, 0.2) is 60.7 Å². The Morgan fingerprint density at radius 2 is 1.64 bits per heavy atom. The Labute approximate surface area is 135 Å². The molecule has 0 unspecified atom stereocenters. The quantitative estimate of drug-likeness (QED) is 0.601. The minimum atomic E-state index is 0.0717. The first-order chi connectivity index (χ1) is 10.6. The fraction of sp³-hybridized carbons (Fsp3) is 0.105. The zero-order valence-electron chi connectivity index (χ0n) is 12.5. The van der Waals surface area contributed by atoms with Crippen molar-refractivity contribution in [3.8, 4) is 16.9 Å². The Morgan fingerprint density at radius 1 is 1.00 bits per heavy atom. The summed E-state index contributed by atoms with van der Waals surface area (Å²) in [6, 6.07) is 19.7. The van der Waals surface area contributed by atoms with Gasteiger partial charge in [-0.1, -0.05) is 41.9 Å². The van der Waals surface area contributed by atoms with E-state index in [9.17, 15) is 4.79 Å². The monoisotopic (exact) mass is 309 g/mol. The first kappa shape index (κ1) is 14.6. The summed E-state index contributed by atoms with van der Waals surface area (Å²) in [4.78, 5) is 11.9. The van der Waals surface area contributed by atoms with Crippen LogP contribution >= 0.6 is 11.6 Å². The maximum Gasteiger partial charge on any atom is 0.161 e. The SMILES string of the molecule is CC(=O)c1cc(-c2ccccc2)n(-c2ccc(Cl)cc2)c1C. The molecule has 0 aliphatic carbocycles. The predicted octanol–water partition coefficient (Wildman–Crippen LogP) is 5.31. The number of aromatic nitrogens is 1. The van der Waals surface area contributed by atoms with Crippen molar-refractivity contribution in [2.75, 3.05) is 0 Å². The number of carbonyl (C=O) groups excluding carboxylic acids is 1. The molecule has 0 saturated carbocycles. The van der Waals surface area contributed by atoms with Gasteiger partial charge in [0.2, 0.25) is 0 Å². The van der Waals surface area contributed by atoms with Crippen molar-refractivity contribution in [1.82, 2.24) is 4.57 Å². The summed E-state index contributed by atoms with van der Waals surface area (Å²) in [6.07, 6.45) is 0. The molecule has 0 atom stereocenters. The van der Waals surface area contributed by atoms with Crippen molar-refractivity contribution in [2.24, 2.45) is 0 Å². The van der Waals surface area contributed by atoms with E-state index >= 15 is 0 Å². The first-order valence-corrected chi connectivity index (χ1v) is 7.50. The number of carbonyl (C=O) groups is 1. The van der Waals surface area contributed by atoms with Crippen molar-refractivity contribution in [2.45, 2.75) is 13.8 Å². The lowest BCUT2D eigenvalue weighted by molar-refractivity contribution is 0.101. The lowest BCUT2D eigenvalue weighted by atomic mass is 10.1. The Bertz CT molecular complexity index is 817. The van der Waals surface area contributed by atoms with Crippen LogP contribution in [0.2, 0.25) is 5.02 Å². The Balaban J connectivity index is 2.27. The summed E-state index contributed by atoms with van der Waals surface area (Å²) in [5.41, 5.74) is 4.76. The second-order valence-corrected chi connectivity index (χ2v) is 5.70. The van der Waals surface area contributed by atoms with Crippen molar-refractivity contribution in [3.05, 3.63) is 76.9 Å². The number of ketones is 1. The van der Waals surface area contributed by atoms with Crippen LogP contribution in [0.25, 0.3) is 16.9 Å². The van der Waals surface area contributed by atoms with E-state index in [-0.39, 0.29) is 5.78 Å². The minimum absolute atomic E-state index is 0.0717. The van der Waals surface area contributed by atoms with Gasteiger partial charge in [-0.05, 0) is 49.7 Å². The van der Waals surface area contributed by atoms with Crippen molar-refractivity contribution in [3.63, 3.8) is 0 Å². The van der Waals surface area contributed by atoms with Crippen LogP contribution < -0.4 is 0 Å². The summed E-state index contributed by atoms with van der Waals surface area (Å²) >= 11 is 5.99. The van der Waals surface area contributed by atoms with E-state index in [0.717, 1.165) is 28.2 Å². The van der Waals surface area contributed by atoms with Gasteiger partial charge in [-0.3, -0.25) is 4.79 Å². The highest BCUT2D eigenvalue weighted by Crippen LogP contribution is 2.30. The number of halogens is 1. The highest BCUT2D eigenvalue weighted by molar-refractivity contribution is 6.30. The van der Waals surface area contributed by atoms with Crippen LogP contribution in [0, 0.1) is 6.92 Å². The lowest BCUT2D eigenvalue weighted by Gasteiger charge is -2.12. The Hall–Kier alpha value is -2.32. The van der Waals surface area contributed by atoms with E-state index < -0.39 is 0 Å². The van der Waals surface area contributed by atoms with Crippen molar-refractivity contribution in [1.29, 1.82) is 0 Å². The molecule has 2 nitrogen and oxygen atoms in total. The van der Waals surface area contributed by atoms with Crippen molar-refractivity contribution < 1.29 is 4.79 Å². The second-order valence-electron chi connectivity index (χ2n) is 5.26. The number of hydrogen-bond acceptors (Lipinski definition) is 1. The molecule has 3 heteroatoms. The second kappa shape index (κ2) is 5.82. The molecule has 0 radical (unpaired) electrons. The van der Waals surface area contributed by atoms with Crippen LogP contribution in [-0.4, -0.2) is 10.4 Å². The van der Waals surface area contributed by atoms with Crippen molar-refractivity contribution >= 4 is 17.4 Å². The highest BCUT2D eigenvalue weighted by atomic mass is 35.5. The molecular weight excluding hydrogens is 294 g/mol. The van der Waals surface area contributed by atoms with E-state index in [2.05, 4.69) is 4.57 Å². The molecule has 0 amide bonds. The third-order valence-corrected chi connectivity index (χ3v) is 4.03. The smallest absolute Gasteiger partial charge is 0.161 e. The molecule has 0 bridgehead atoms. The van der Waals surface area contributed by atoms with Gasteiger partial charge in [-0.2, -0.15) is 0 Å². The third-order valence-electron chi connectivity index (χ3n) is 3.78. The summed E-state index contributed by atoms with van der Waals surface area (Å²) in [5.74, 6) is 0.0717. The largest absolute Gasteiger partial charge is 0.313 e. The molecule has 0 aliphatic heterocycles. The summed E-state index contributed by atoms with van der Waals surface area (Å²) in [5, 5.41) is 0.696. The maximum absolute atomic E-state index is 11.9. The Kier molecular flexibility index (Phi) is 3.86. The molecule has 1 aromatic heterocycles. The molecule has 0 N–H and O–H groups in total. The van der Waals surface area contributed by atoms with Gasteiger partial charge in [-0.15, -0.1) is 0 Å². The number of hydrogen-bond donors (Lipinski definition) is 0. The van der Waals surface area contributed by atoms with E-state index in [1.54, 1.807) is 6.92 Å². The average Bonchev–Trinajstić information content (AvgIpc) is 2.87. The standard InChI is InChI=1S/C19H16ClNO/c1-13-18(14(2)22)12-19(15-6-4-3-5-7-15)21(13)17-10-8-16(20)9-11-17/h3-12H,1-2H3. The van der Waals surface area contributed by atoms with Gasteiger partial charge >= 0.3 is 0 Å². The third kappa shape index (κ3) is 2.58.